The molecule has 3 atom stereocenters. The molecule has 150 valence electrons. The average molecular weight is 416 g/mol. The number of amides is 1. The summed E-state index contributed by atoms with van der Waals surface area (Å²) in [6.07, 6.45) is 0.470. The molecule has 8 heteroatoms. The maximum absolute atomic E-state index is 13.9. The van der Waals surface area contributed by atoms with Crippen LogP contribution in [-0.2, 0) is 15.1 Å². The lowest BCUT2D eigenvalue weighted by molar-refractivity contribution is -0.141. The van der Waals surface area contributed by atoms with E-state index >= 15 is 0 Å². The largest absolute Gasteiger partial charge is 0.489 e. The number of ether oxygens (including phenoxy) is 2. The Morgan fingerprint density at radius 3 is 2.83 bits per heavy atom. The highest BCUT2D eigenvalue weighted by Crippen LogP contribution is 2.51. The minimum absolute atomic E-state index is 0.159. The van der Waals surface area contributed by atoms with Gasteiger partial charge in [0.25, 0.3) is 5.91 Å². The lowest BCUT2D eigenvalue weighted by Gasteiger charge is -2.45. The van der Waals surface area contributed by atoms with Crippen molar-refractivity contribution in [1.29, 1.82) is 0 Å². The molecule has 0 aromatic heterocycles. The van der Waals surface area contributed by atoms with E-state index in [1.165, 1.54) is 17.0 Å². The molecule has 3 aliphatic heterocycles. The predicted molar refractivity (Wildman–Crippen MR) is 106 cm³/mol. The molecule has 6 nitrogen and oxygen atoms in total. The molecule has 1 spiro atoms. The highest BCUT2D eigenvalue weighted by Gasteiger charge is 2.60. The Labute approximate surface area is 172 Å². The molecule has 5 rings (SSSR count). The summed E-state index contributed by atoms with van der Waals surface area (Å²) < 4.78 is 25.8. The molecular formula is C21H19ClFN3O3. The fourth-order valence-corrected chi connectivity index (χ4v) is 4.74. The van der Waals surface area contributed by atoms with Crippen LogP contribution in [0.1, 0.15) is 12.0 Å². The monoisotopic (exact) mass is 415 g/mol. The summed E-state index contributed by atoms with van der Waals surface area (Å²) in [5, 5.41) is 0.295. The smallest absolute Gasteiger partial charge is 0.262 e. The first kappa shape index (κ1) is 18.4. The SMILES string of the molecule is CN1C(=O)[C@]2(N=C1N)c1cc(-c3cc(F)cc(Cl)c3)ccc1O[C@H]1CCOC[C@@H]12. The van der Waals surface area contributed by atoms with Crippen molar-refractivity contribution in [2.24, 2.45) is 16.6 Å². The number of aliphatic imine (C=N–C) groups is 1. The number of nitrogens with two attached hydrogens (primary N) is 1. The van der Waals surface area contributed by atoms with Gasteiger partial charge in [-0.15, -0.1) is 0 Å². The van der Waals surface area contributed by atoms with Gasteiger partial charge in [0, 0.05) is 24.1 Å². The van der Waals surface area contributed by atoms with Gasteiger partial charge < -0.3 is 15.2 Å². The summed E-state index contributed by atoms with van der Waals surface area (Å²) in [6, 6.07) is 9.77. The van der Waals surface area contributed by atoms with Gasteiger partial charge in [-0.05, 0) is 41.5 Å². The Kier molecular flexibility index (Phi) is 4.08. The zero-order valence-electron chi connectivity index (χ0n) is 15.7. The second kappa shape index (κ2) is 6.43. The molecule has 1 amide bonds. The molecule has 0 saturated carbocycles. The number of halogens is 2. The summed E-state index contributed by atoms with van der Waals surface area (Å²) in [5.74, 6) is -0.206. The van der Waals surface area contributed by atoms with Crippen LogP contribution < -0.4 is 10.5 Å². The Bertz CT molecular complexity index is 1040. The molecule has 0 radical (unpaired) electrons. The standard InChI is InChI=1S/C21H19ClFN3O3/c1-26-19(27)21(25-20(26)24)15-8-11(12-6-13(22)9-14(23)7-12)2-3-17(15)29-18-4-5-28-10-16(18)21/h2-3,6-9,16,18H,4-5,10H2,1H3,(H2,24,25)/t16-,18-,21-/m0/s1. The maximum Gasteiger partial charge on any atom is 0.262 e. The third-order valence-electron chi connectivity index (χ3n) is 5.96. The van der Waals surface area contributed by atoms with Crippen LogP contribution in [0.4, 0.5) is 4.39 Å². The minimum atomic E-state index is -1.22. The van der Waals surface area contributed by atoms with Crippen molar-refractivity contribution < 1.29 is 18.7 Å². The van der Waals surface area contributed by atoms with Crippen molar-refractivity contribution in [1.82, 2.24) is 4.90 Å². The van der Waals surface area contributed by atoms with E-state index in [0.717, 1.165) is 0 Å². The van der Waals surface area contributed by atoms with Gasteiger partial charge in [-0.1, -0.05) is 17.7 Å². The van der Waals surface area contributed by atoms with E-state index in [0.29, 0.717) is 47.1 Å². The second-order valence-electron chi connectivity index (χ2n) is 7.60. The summed E-state index contributed by atoms with van der Waals surface area (Å²) in [7, 11) is 1.61. The number of carbonyl (C=O) groups is 1. The van der Waals surface area contributed by atoms with Gasteiger partial charge in [0.15, 0.2) is 11.5 Å². The van der Waals surface area contributed by atoms with Crippen LogP contribution in [0, 0.1) is 11.7 Å². The minimum Gasteiger partial charge on any atom is -0.489 e. The van der Waals surface area contributed by atoms with Gasteiger partial charge in [0.05, 0.1) is 19.1 Å². The average Bonchev–Trinajstić information content (AvgIpc) is 2.92. The molecule has 3 heterocycles. The normalized spacial score (nSPS) is 28.0. The van der Waals surface area contributed by atoms with Crippen LogP contribution >= 0.6 is 11.6 Å². The van der Waals surface area contributed by atoms with Crippen molar-refractivity contribution >= 4 is 23.5 Å². The van der Waals surface area contributed by atoms with Crippen LogP contribution in [0.3, 0.4) is 0 Å². The van der Waals surface area contributed by atoms with Gasteiger partial charge in [0.1, 0.15) is 17.7 Å². The quantitative estimate of drug-likeness (QED) is 0.776. The van der Waals surface area contributed by atoms with Crippen LogP contribution in [0.2, 0.25) is 5.02 Å². The summed E-state index contributed by atoms with van der Waals surface area (Å²) in [6.45, 7) is 0.909. The molecule has 2 N–H and O–H groups in total. The topological polar surface area (TPSA) is 77.2 Å². The first-order chi connectivity index (χ1) is 13.9. The number of hydrogen-bond donors (Lipinski definition) is 1. The molecule has 2 aromatic rings. The van der Waals surface area contributed by atoms with Gasteiger partial charge in [-0.2, -0.15) is 0 Å². The maximum atomic E-state index is 13.9. The Hall–Kier alpha value is -2.64. The van der Waals surface area contributed by atoms with Crippen LogP contribution in [-0.4, -0.2) is 43.1 Å². The summed E-state index contributed by atoms with van der Waals surface area (Å²) in [4.78, 5) is 19.4. The molecule has 0 aliphatic carbocycles. The fraction of sp³-hybridized carbons (Fsp3) is 0.333. The summed E-state index contributed by atoms with van der Waals surface area (Å²) in [5.41, 5.74) is 6.75. The van der Waals surface area contributed by atoms with Crippen molar-refractivity contribution in [3.63, 3.8) is 0 Å². The molecule has 3 aliphatic rings. The van der Waals surface area contributed by atoms with Crippen molar-refractivity contribution in [2.45, 2.75) is 18.1 Å². The van der Waals surface area contributed by atoms with Crippen molar-refractivity contribution in [3.8, 4) is 16.9 Å². The molecule has 1 saturated heterocycles. The van der Waals surface area contributed by atoms with E-state index in [1.54, 1.807) is 19.2 Å². The van der Waals surface area contributed by atoms with E-state index in [-0.39, 0.29) is 23.9 Å². The van der Waals surface area contributed by atoms with Gasteiger partial charge >= 0.3 is 0 Å². The first-order valence-electron chi connectivity index (χ1n) is 9.39. The summed E-state index contributed by atoms with van der Waals surface area (Å²) >= 11 is 6.04. The second-order valence-corrected chi connectivity index (χ2v) is 8.03. The molecule has 2 aromatic carbocycles. The number of carbonyl (C=O) groups excluding carboxylic acids is 1. The molecule has 29 heavy (non-hydrogen) atoms. The van der Waals surface area contributed by atoms with Gasteiger partial charge in [0.2, 0.25) is 0 Å². The third kappa shape index (κ3) is 2.64. The van der Waals surface area contributed by atoms with Gasteiger partial charge in [-0.3, -0.25) is 9.69 Å². The number of fused-ring (bicyclic) bond motifs is 4. The third-order valence-corrected chi connectivity index (χ3v) is 6.18. The van der Waals surface area contributed by atoms with E-state index in [9.17, 15) is 9.18 Å². The number of likely N-dealkylation sites (N-methyl/N-ethyl adjacent to an activating group) is 1. The number of nitrogens with zero attached hydrogens (tertiary/aromatic N) is 2. The molecule has 0 bridgehead atoms. The van der Waals surface area contributed by atoms with E-state index < -0.39 is 11.4 Å². The zero-order valence-corrected chi connectivity index (χ0v) is 16.4. The van der Waals surface area contributed by atoms with Crippen molar-refractivity contribution in [3.05, 3.63) is 52.8 Å². The zero-order chi connectivity index (χ0) is 20.3. The molecular weight excluding hydrogens is 397 g/mol. The Morgan fingerprint density at radius 1 is 1.28 bits per heavy atom. The lowest BCUT2D eigenvalue weighted by Crippen LogP contribution is -2.56. The van der Waals surface area contributed by atoms with E-state index in [1.807, 2.05) is 12.1 Å². The predicted octanol–water partition coefficient (Wildman–Crippen LogP) is 2.93. The first-order valence-corrected chi connectivity index (χ1v) is 9.77. The number of hydrogen-bond acceptors (Lipinski definition) is 5. The number of benzene rings is 2. The van der Waals surface area contributed by atoms with E-state index in [4.69, 9.17) is 26.8 Å². The Morgan fingerprint density at radius 2 is 2.10 bits per heavy atom. The molecule has 0 unspecified atom stereocenters. The number of rotatable bonds is 1. The molecule has 1 fully saturated rings. The highest BCUT2D eigenvalue weighted by atomic mass is 35.5. The van der Waals surface area contributed by atoms with Crippen LogP contribution in [0.5, 0.6) is 5.75 Å². The highest BCUT2D eigenvalue weighted by molar-refractivity contribution is 6.30. The van der Waals surface area contributed by atoms with Crippen molar-refractivity contribution in [2.75, 3.05) is 20.3 Å². The fourth-order valence-electron chi connectivity index (χ4n) is 4.52. The van der Waals surface area contributed by atoms with Crippen LogP contribution in [0.25, 0.3) is 11.1 Å². The Balaban J connectivity index is 1.73. The van der Waals surface area contributed by atoms with Gasteiger partial charge in [-0.25, -0.2) is 9.38 Å². The van der Waals surface area contributed by atoms with E-state index in [2.05, 4.69) is 4.99 Å². The van der Waals surface area contributed by atoms with Crippen LogP contribution in [0.15, 0.2) is 41.4 Å². The lowest BCUT2D eigenvalue weighted by atomic mass is 9.71. The number of guanidine groups is 1.